The van der Waals surface area contributed by atoms with Crippen molar-refractivity contribution >= 4 is 27.8 Å². The largest absolute Gasteiger partial charge is 0.537 e. The van der Waals surface area contributed by atoms with E-state index in [0.717, 1.165) is 16.4 Å². The second-order valence-corrected chi connectivity index (χ2v) is 4.49. The minimum Gasteiger partial charge on any atom is -0.417 e. The van der Waals surface area contributed by atoms with Gasteiger partial charge in [-0.25, -0.2) is 0 Å². The van der Waals surface area contributed by atoms with E-state index in [0.29, 0.717) is 0 Å². The van der Waals surface area contributed by atoms with Crippen LogP contribution in [-0.4, -0.2) is 22.2 Å². The third kappa shape index (κ3) is 8.68. The predicted molar refractivity (Wildman–Crippen MR) is 49.8 cm³/mol. The van der Waals surface area contributed by atoms with Gasteiger partial charge in [-0.15, -0.1) is 10.8 Å². The zero-order valence-electron chi connectivity index (χ0n) is 6.12. The molecule has 10 heavy (non-hydrogen) atoms. The maximum atomic E-state index is 8.41. The molecule has 0 saturated carbocycles. The molecule has 0 aromatic heterocycles. The molecule has 0 heterocycles. The zero-order valence-corrected chi connectivity index (χ0v) is 7.75. The van der Waals surface area contributed by atoms with Crippen LogP contribution in [0.1, 0.15) is 26.2 Å². The van der Waals surface area contributed by atoms with Crippen LogP contribution in [0.5, 0.6) is 0 Å². The van der Waals surface area contributed by atoms with Crippen molar-refractivity contribution in [1.29, 1.82) is 0 Å². The van der Waals surface area contributed by atoms with E-state index in [1.54, 1.807) is 0 Å². The molecule has 5 heteroatoms. The molecular formula is C5H13BO2S2. The van der Waals surface area contributed by atoms with E-state index in [1.165, 1.54) is 30.1 Å². The van der Waals surface area contributed by atoms with Gasteiger partial charge in [0.15, 0.2) is 0 Å². The third-order valence-corrected chi connectivity index (χ3v) is 3.17. The molecule has 0 fully saturated rings. The Balaban J connectivity index is 2.77. The second-order valence-electron chi connectivity index (χ2n) is 1.95. The second kappa shape index (κ2) is 7.79. The van der Waals surface area contributed by atoms with Crippen LogP contribution in [0.25, 0.3) is 0 Å². The van der Waals surface area contributed by atoms with Crippen molar-refractivity contribution in [3.63, 3.8) is 0 Å². The monoisotopic (exact) mass is 180 g/mol. The van der Waals surface area contributed by atoms with Gasteiger partial charge >= 0.3 is 6.40 Å². The van der Waals surface area contributed by atoms with Crippen molar-refractivity contribution in [1.82, 2.24) is 0 Å². The topological polar surface area (TPSA) is 40.5 Å². The summed E-state index contributed by atoms with van der Waals surface area (Å²) in [5.41, 5.74) is 0. The van der Waals surface area contributed by atoms with Crippen LogP contribution in [0.15, 0.2) is 0 Å². The first-order chi connectivity index (χ1) is 4.77. The van der Waals surface area contributed by atoms with Gasteiger partial charge in [-0.1, -0.05) is 30.4 Å². The SMILES string of the molecule is CCCCCSSB(O)O. The maximum Gasteiger partial charge on any atom is 0.537 e. The summed E-state index contributed by atoms with van der Waals surface area (Å²) in [5.74, 6) is 1.01. The Morgan fingerprint density at radius 3 is 2.50 bits per heavy atom. The van der Waals surface area contributed by atoms with Crippen LogP contribution < -0.4 is 0 Å². The fourth-order valence-corrected chi connectivity index (χ4v) is 2.07. The highest BCUT2D eigenvalue weighted by atomic mass is 33.1. The van der Waals surface area contributed by atoms with Gasteiger partial charge in [-0.3, -0.25) is 0 Å². The number of unbranched alkanes of at least 4 members (excludes halogenated alkanes) is 2. The van der Waals surface area contributed by atoms with Crippen LogP contribution in [0.4, 0.5) is 0 Å². The molecule has 0 saturated heterocycles. The summed E-state index contributed by atoms with van der Waals surface area (Å²) < 4.78 is 0. The van der Waals surface area contributed by atoms with Crippen molar-refractivity contribution in [2.45, 2.75) is 26.2 Å². The zero-order chi connectivity index (χ0) is 7.82. The Kier molecular flexibility index (Phi) is 8.32. The van der Waals surface area contributed by atoms with Gasteiger partial charge < -0.3 is 10.0 Å². The molecule has 2 nitrogen and oxygen atoms in total. The van der Waals surface area contributed by atoms with Crippen molar-refractivity contribution in [3.05, 3.63) is 0 Å². The highest BCUT2D eigenvalue weighted by Crippen LogP contribution is 2.22. The Hall–Kier alpha value is 0.685. The summed E-state index contributed by atoms with van der Waals surface area (Å²) in [4.78, 5) is 0. The number of rotatable bonds is 6. The van der Waals surface area contributed by atoms with Gasteiger partial charge in [0.1, 0.15) is 0 Å². The first kappa shape index (κ1) is 10.7. The van der Waals surface area contributed by atoms with Crippen molar-refractivity contribution in [2.24, 2.45) is 0 Å². The summed E-state index contributed by atoms with van der Waals surface area (Å²) in [6.45, 7) is 2.15. The minimum absolute atomic E-state index is 1.01. The van der Waals surface area contributed by atoms with E-state index in [4.69, 9.17) is 10.0 Å². The molecule has 60 valence electrons. The third-order valence-electron chi connectivity index (χ3n) is 0.985. The van der Waals surface area contributed by atoms with Crippen molar-refractivity contribution in [2.75, 3.05) is 5.75 Å². The lowest BCUT2D eigenvalue weighted by Gasteiger charge is -1.97. The van der Waals surface area contributed by atoms with Gasteiger partial charge in [0.25, 0.3) is 0 Å². The highest BCUT2D eigenvalue weighted by molar-refractivity contribution is 8.86. The maximum absolute atomic E-state index is 8.41. The van der Waals surface area contributed by atoms with E-state index in [2.05, 4.69) is 6.92 Å². The van der Waals surface area contributed by atoms with Crippen LogP contribution in [-0.2, 0) is 0 Å². The molecule has 2 N–H and O–H groups in total. The summed E-state index contributed by atoms with van der Waals surface area (Å²) in [5, 5.41) is 16.8. The van der Waals surface area contributed by atoms with E-state index < -0.39 is 6.40 Å². The number of hydrogen-bond donors (Lipinski definition) is 2. The summed E-state index contributed by atoms with van der Waals surface area (Å²) in [6, 6.07) is 0. The molecule has 0 aliphatic heterocycles. The fraction of sp³-hybridized carbons (Fsp3) is 1.00. The van der Waals surface area contributed by atoms with Crippen LogP contribution >= 0.6 is 21.4 Å². The quantitative estimate of drug-likeness (QED) is 0.369. The van der Waals surface area contributed by atoms with Gasteiger partial charge in [0.05, 0.1) is 0 Å². The highest BCUT2D eigenvalue weighted by Gasteiger charge is 2.06. The van der Waals surface area contributed by atoms with Gasteiger partial charge in [-0.2, -0.15) is 0 Å². The van der Waals surface area contributed by atoms with Gasteiger partial charge in [0, 0.05) is 5.75 Å². The molecular weight excluding hydrogens is 167 g/mol. The first-order valence-corrected chi connectivity index (χ1v) is 5.80. The molecule has 0 aromatic carbocycles. The molecule has 0 amide bonds. The predicted octanol–water partition coefficient (Wildman–Crippen LogP) is 1.53. The smallest absolute Gasteiger partial charge is 0.417 e. The van der Waals surface area contributed by atoms with Gasteiger partial charge in [-0.05, 0) is 6.42 Å². The van der Waals surface area contributed by atoms with E-state index in [1.807, 2.05) is 0 Å². The van der Waals surface area contributed by atoms with E-state index >= 15 is 0 Å². The summed E-state index contributed by atoms with van der Waals surface area (Å²) >= 11 is 0. The molecule has 0 aliphatic carbocycles. The Morgan fingerprint density at radius 1 is 1.30 bits per heavy atom. The van der Waals surface area contributed by atoms with Gasteiger partial charge in [0.2, 0.25) is 0 Å². The molecule has 0 rings (SSSR count). The molecule has 0 aromatic rings. The van der Waals surface area contributed by atoms with E-state index in [9.17, 15) is 0 Å². The van der Waals surface area contributed by atoms with Crippen LogP contribution in [0.3, 0.4) is 0 Å². The Morgan fingerprint density at radius 2 is 2.00 bits per heavy atom. The molecule has 0 radical (unpaired) electrons. The van der Waals surface area contributed by atoms with Crippen LogP contribution in [0.2, 0.25) is 0 Å². The molecule has 0 bridgehead atoms. The number of hydrogen-bond acceptors (Lipinski definition) is 4. The lowest BCUT2D eigenvalue weighted by molar-refractivity contribution is 0.438. The lowest BCUT2D eigenvalue weighted by atomic mass is 10.3. The molecule has 0 atom stereocenters. The van der Waals surface area contributed by atoms with Crippen molar-refractivity contribution < 1.29 is 10.0 Å². The first-order valence-electron chi connectivity index (χ1n) is 3.41. The molecule has 0 unspecified atom stereocenters. The summed E-state index contributed by atoms with van der Waals surface area (Å²) in [6.07, 6.45) is 2.40. The fourth-order valence-electron chi connectivity index (χ4n) is 0.520. The summed E-state index contributed by atoms with van der Waals surface area (Å²) in [7, 11) is 2.63. The Labute approximate surface area is 70.2 Å². The lowest BCUT2D eigenvalue weighted by Crippen LogP contribution is -2.01. The van der Waals surface area contributed by atoms with Crippen molar-refractivity contribution in [3.8, 4) is 0 Å². The average Bonchev–Trinajstić information content (AvgIpc) is 1.87. The Bertz CT molecular complexity index is 72.7. The average molecular weight is 180 g/mol. The van der Waals surface area contributed by atoms with Crippen LogP contribution in [0, 0.1) is 0 Å². The standard InChI is InChI=1S/C5H13BO2S2/c1-2-3-4-5-9-10-6(7)8/h7-8H,2-5H2,1H3. The molecule has 0 spiro atoms. The minimum atomic E-state index is -1.22. The molecule has 0 aliphatic rings. The van der Waals surface area contributed by atoms with E-state index in [-0.39, 0.29) is 0 Å². The normalized spacial score (nSPS) is 9.90.